The zero-order valence-electron chi connectivity index (χ0n) is 18.1. The van der Waals surface area contributed by atoms with E-state index in [1.165, 1.54) is 15.9 Å². The zero-order chi connectivity index (χ0) is 22.5. The summed E-state index contributed by atoms with van der Waals surface area (Å²) in [5.41, 5.74) is 2.61. The number of ether oxygens (including phenoxy) is 1. The van der Waals surface area contributed by atoms with Crippen molar-refractivity contribution >= 4 is 63.9 Å². The number of rotatable bonds is 6. The lowest BCUT2D eigenvalue weighted by molar-refractivity contribution is 0.0899. The standard InChI is InChI=1S/C21H24Cl2N4O2SSi/c1-12-24-15-7-6-13(17(22)18(15)30-12)14-10-27(11-29-8-9-31(3,4)5)19-16(14)20(28)26(2)21(23)25-19/h6-7,10H,8-9,11H2,1-5H3. The fourth-order valence-electron chi connectivity index (χ4n) is 3.41. The van der Waals surface area contributed by atoms with Gasteiger partial charge in [-0.1, -0.05) is 37.3 Å². The van der Waals surface area contributed by atoms with Crippen molar-refractivity contribution in [2.75, 3.05) is 6.61 Å². The van der Waals surface area contributed by atoms with E-state index in [9.17, 15) is 4.79 Å². The van der Waals surface area contributed by atoms with Crippen molar-refractivity contribution in [3.8, 4) is 11.1 Å². The fourth-order valence-corrected chi connectivity index (χ4v) is 5.56. The number of hydrogen-bond donors (Lipinski definition) is 0. The van der Waals surface area contributed by atoms with Gasteiger partial charge in [-0.15, -0.1) is 11.3 Å². The fraction of sp³-hybridized carbons (Fsp3) is 0.381. The molecule has 0 bridgehead atoms. The minimum Gasteiger partial charge on any atom is -0.361 e. The first-order valence-electron chi connectivity index (χ1n) is 9.96. The van der Waals surface area contributed by atoms with Crippen LogP contribution in [-0.2, 0) is 18.5 Å². The monoisotopic (exact) mass is 494 g/mol. The van der Waals surface area contributed by atoms with Gasteiger partial charge in [0.1, 0.15) is 6.73 Å². The maximum Gasteiger partial charge on any atom is 0.264 e. The Balaban J connectivity index is 1.85. The van der Waals surface area contributed by atoms with Gasteiger partial charge < -0.3 is 9.30 Å². The molecule has 0 fully saturated rings. The number of thiazole rings is 1. The second-order valence-electron chi connectivity index (χ2n) is 8.81. The molecule has 0 aliphatic carbocycles. The molecule has 0 spiro atoms. The van der Waals surface area contributed by atoms with Crippen LogP contribution in [0, 0.1) is 6.92 Å². The van der Waals surface area contributed by atoms with E-state index >= 15 is 0 Å². The molecule has 0 N–H and O–H groups in total. The Bertz CT molecular complexity index is 1350. The van der Waals surface area contributed by atoms with Crippen LogP contribution in [0.2, 0.25) is 36.0 Å². The second kappa shape index (κ2) is 8.33. The molecule has 4 aromatic rings. The summed E-state index contributed by atoms with van der Waals surface area (Å²) in [6, 6.07) is 4.90. The molecule has 31 heavy (non-hydrogen) atoms. The summed E-state index contributed by atoms with van der Waals surface area (Å²) in [6.07, 6.45) is 1.88. The molecule has 0 saturated carbocycles. The maximum absolute atomic E-state index is 13.1. The van der Waals surface area contributed by atoms with E-state index in [1.54, 1.807) is 7.05 Å². The number of fused-ring (bicyclic) bond motifs is 2. The Morgan fingerprint density at radius 3 is 2.61 bits per heavy atom. The van der Waals surface area contributed by atoms with Gasteiger partial charge in [0.2, 0.25) is 5.28 Å². The highest BCUT2D eigenvalue weighted by molar-refractivity contribution is 7.19. The van der Waals surface area contributed by atoms with E-state index in [0.717, 1.165) is 26.8 Å². The van der Waals surface area contributed by atoms with Crippen molar-refractivity contribution in [1.82, 2.24) is 19.1 Å². The normalized spacial score (nSPS) is 12.4. The maximum atomic E-state index is 13.1. The molecule has 1 aromatic carbocycles. The van der Waals surface area contributed by atoms with Crippen LogP contribution in [0.25, 0.3) is 32.4 Å². The Labute approximate surface area is 195 Å². The van der Waals surface area contributed by atoms with Crippen LogP contribution in [0.3, 0.4) is 0 Å². The lowest BCUT2D eigenvalue weighted by Gasteiger charge is -2.15. The molecule has 0 radical (unpaired) electrons. The van der Waals surface area contributed by atoms with Crippen LogP contribution in [0.4, 0.5) is 0 Å². The Morgan fingerprint density at radius 2 is 1.90 bits per heavy atom. The minimum absolute atomic E-state index is 0.130. The van der Waals surface area contributed by atoms with Gasteiger partial charge in [0.25, 0.3) is 5.56 Å². The molecule has 10 heteroatoms. The van der Waals surface area contributed by atoms with Crippen molar-refractivity contribution in [2.45, 2.75) is 39.3 Å². The van der Waals surface area contributed by atoms with Gasteiger partial charge in [0, 0.05) is 39.1 Å². The highest BCUT2D eigenvalue weighted by Gasteiger charge is 2.21. The molecule has 0 unspecified atom stereocenters. The summed E-state index contributed by atoms with van der Waals surface area (Å²) >= 11 is 14.5. The third-order valence-electron chi connectivity index (χ3n) is 5.16. The van der Waals surface area contributed by atoms with Gasteiger partial charge in [0.15, 0.2) is 5.65 Å². The summed E-state index contributed by atoms with van der Waals surface area (Å²) < 4.78 is 10.0. The lowest BCUT2D eigenvalue weighted by Crippen LogP contribution is -2.22. The van der Waals surface area contributed by atoms with Crippen LogP contribution < -0.4 is 5.56 Å². The van der Waals surface area contributed by atoms with Gasteiger partial charge in [-0.25, -0.2) is 9.97 Å². The molecule has 0 aliphatic heterocycles. The first-order chi connectivity index (χ1) is 14.6. The summed E-state index contributed by atoms with van der Waals surface area (Å²) in [7, 11) is 0.411. The zero-order valence-corrected chi connectivity index (χ0v) is 21.5. The topological polar surface area (TPSA) is 61.9 Å². The van der Waals surface area contributed by atoms with Gasteiger partial charge in [-0.2, -0.15) is 0 Å². The van der Waals surface area contributed by atoms with Gasteiger partial charge in [0.05, 0.1) is 25.6 Å². The molecule has 0 atom stereocenters. The van der Waals surface area contributed by atoms with E-state index < -0.39 is 8.07 Å². The molecule has 0 aliphatic rings. The van der Waals surface area contributed by atoms with Crippen molar-refractivity contribution in [3.05, 3.63) is 44.0 Å². The van der Waals surface area contributed by atoms with Crippen molar-refractivity contribution < 1.29 is 4.74 Å². The van der Waals surface area contributed by atoms with Crippen molar-refractivity contribution in [2.24, 2.45) is 7.05 Å². The number of nitrogens with zero attached hydrogens (tertiary/aromatic N) is 4. The smallest absolute Gasteiger partial charge is 0.264 e. The number of benzene rings is 1. The minimum atomic E-state index is -1.20. The molecule has 4 rings (SSSR count). The molecular formula is C21H24Cl2N4O2SSi. The summed E-state index contributed by atoms with van der Waals surface area (Å²) in [5.74, 6) is 0. The third kappa shape index (κ3) is 4.32. The van der Waals surface area contributed by atoms with Crippen molar-refractivity contribution in [1.29, 1.82) is 0 Å². The third-order valence-corrected chi connectivity index (χ3v) is 8.72. The molecule has 3 aromatic heterocycles. The van der Waals surface area contributed by atoms with Crippen LogP contribution in [-0.4, -0.2) is 33.8 Å². The molecule has 164 valence electrons. The van der Waals surface area contributed by atoms with Crippen LogP contribution in [0.5, 0.6) is 0 Å². The summed E-state index contributed by atoms with van der Waals surface area (Å²) in [4.78, 5) is 22.1. The van der Waals surface area contributed by atoms with Crippen LogP contribution in [0.1, 0.15) is 5.01 Å². The highest BCUT2D eigenvalue weighted by Crippen LogP contribution is 2.39. The number of halogens is 2. The number of hydrogen-bond acceptors (Lipinski definition) is 5. The van der Waals surface area contributed by atoms with Crippen molar-refractivity contribution in [3.63, 3.8) is 0 Å². The largest absolute Gasteiger partial charge is 0.361 e. The van der Waals surface area contributed by atoms with Crippen LogP contribution in [0.15, 0.2) is 23.1 Å². The molecule has 0 saturated heterocycles. The average molecular weight is 496 g/mol. The first-order valence-corrected chi connectivity index (χ1v) is 15.2. The Morgan fingerprint density at radius 1 is 1.16 bits per heavy atom. The van der Waals surface area contributed by atoms with Crippen LogP contribution >= 0.6 is 34.5 Å². The van der Waals surface area contributed by atoms with Gasteiger partial charge >= 0.3 is 0 Å². The SMILES string of the molecule is Cc1nc2ccc(-c3cn(COCC[Si](C)(C)C)c4nc(Cl)n(C)c(=O)c34)c(Cl)c2s1. The highest BCUT2D eigenvalue weighted by atomic mass is 35.5. The van der Waals surface area contributed by atoms with Gasteiger partial charge in [-0.3, -0.25) is 9.36 Å². The van der Waals surface area contributed by atoms with E-state index in [0.29, 0.717) is 28.2 Å². The van der Waals surface area contributed by atoms with E-state index in [1.807, 2.05) is 29.8 Å². The number of aryl methyl sites for hydroxylation is 1. The Kier molecular flexibility index (Phi) is 6.04. The molecule has 0 amide bonds. The van der Waals surface area contributed by atoms with E-state index in [2.05, 4.69) is 29.6 Å². The predicted molar refractivity (Wildman–Crippen MR) is 132 cm³/mol. The first kappa shape index (κ1) is 22.5. The lowest BCUT2D eigenvalue weighted by atomic mass is 10.1. The number of aromatic nitrogens is 4. The van der Waals surface area contributed by atoms with E-state index in [4.69, 9.17) is 27.9 Å². The molecule has 3 heterocycles. The quantitative estimate of drug-likeness (QED) is 0.189. The summed E-state index contributed by atoms with van der Waals surface area (Å²) in [6.45, 7) is 9.83. The van der Waals surface area contributed by atoms with E-state index in [-0.39, 0.29) is 17.6 Å². The summed E-state index contributed by atoms with van der Waals surface area (Å²) in [5, 5.41) is 2.13. The Hall–Kier alpha value is -1.71. The van der Waals surface area contributed by atoms with Gasteiger partial charge in [-0.05, 0) is 30.6 Å². The molecule has 6 nitrogen and oxygen atoms in total. The predicted octanol–water partition coefficient (Wildman–Crippen LogP) is 5.94. The average Bonchev–Trinajstić information content (AvgIpc) is 3.24. The molecular weight excluding hydrogens is 471 g/mol. The second-order valence-corrected chi connectivity index (χ2v) is 16.4.